The number of amides is 2. The molecule has 2 amide bonds. The Kier molecular flexibility index (Phi) is 8.06. The normalized spacial score (nSPS) is 11.1. The average Bonchev–Trinajstić information content (AvgIpc) is 2.32. The summed E-state index contributed by atoms with van der Waals surface area (Å²) in [6.45, 7) is 11.5. The van der Waals surface area contributed by atoms with Crippen LogP contribution in [0.25, 0.3) is 0 Å². The molecule has 19 heavy (non-hydrogen) atoms. The molecular weight excluding hydrogens is 312 g/mol. The highest BCUT2D eigenvalue weighted by molar-refractivity contribution is 9.09. The van der Waals surface area contributed by atoms with Crippen molar-refractivity contribution < 1.29 is 14.3 Å². The molecule has 0 aliphatic heterocycles. The summed E-state index contributed by atoms with van der Waals surface area (Å²) in [5, 5.41) is 0.288. The minimum atomic E-state index is -0.329. The molecule has 0 aromatic rings. The van der Waals surface area contributed by atoms with Crippen molar-refractivity contribution in [3.63, 3.8) is 0 Å². The molecule has 0 spiro atoms. The Morgan fingerprint density at radius 1 is 1.16 bits per heavy atom. The molecule has 0 saturated heterocycles. The van der Waals surface area contributed by atoms with E-state index in [-0.39, 0.29) is 22.9 Å². The standard InChI is InChI=1S/C13H25BrN2O3/c1-6-15(12(18)19-7-2)8-9-16(11(17)10-14)13(3,4)5/h6-10H2,1-5H3. The van der Waals surface area contributed by atoms with Crippen LogP contribution < -0.4 is 0 Å². The van der Waals surface area contributed by atoms with E-state index in [0.29, 0.717) is 26.2 Å². The lowest BCUT2D eigenvalue weighted by molar-refractivity contribution is -0.133. The van der Waals surface area contributed by atoms with Crippen LogP contribution in [0.4, 0.5) is 4.79 Å². The lowest BCUT2D eigenvalue weighted by atomic mass is 10.1. The van der Waals surface area contributed by atoms with Gasteiger partial charge in [-0.1, -0.05) is 15.9 Å². The highest BCUT2D eigenvalue weighted by Gasteiger charge is 2.26. The first-order valence-corrected chi connectivity index (χ1v) is 7.68. The average molecular weight is 337 g/mol. The zero-order chi connectivity index (χ0) is 15.1. The van der Waals surface area contributed by atoms with Crippen molar-refractivity contribution in [3.05, 3.63) is 0 Å². The van der Waals surface area contributed by atoms with E-state index in [4.69, 9.17) is 4.74 Å². The molecule has 0 N–H and O–H groups in total. The van der Waals surface area contributed by atoms with E-state index in [1.165, 1.54) is 0 Å². The van der Waals surface area contributed by atoms with Gasteiger partial charge in [0, 0.05) is 25.2 Å². The van der Waals surface area contributed by atoms with Crippen LogP contribution in [0.2, 0.25) is 0 Å². The van der Waals surface area contributed by atoms with Gasteiger partial charge in [-0.3, -0.25) is 4.79 Å². The summed E-state index contributed by atoms with van der Waals surface area (Å²) in [6, 6.07) is 0. The third-order valence-corrected chi connectivity index (χ3v) is 3.21. The van der Waals surface area contributed by atoms with E-state index in [2.05, 4.69) is 15.9 Å². The zero-order valence-electron chi connectivity index (χ0n) is 12.5. The molecule has 6 heteroatoms. The Hall–Kier alpha value is -0.780. The number of likely N-dealkylation sites (N-methyl/N-ethyl adjacent to an activating group) is 1. The van der Waals surface area contributed by atoms with Gasteiger partial charge in [-0.05, 0) is 34.6 Å². The Morgan fingerprint density at radius 3 is 2.11 bits per heavy atom. The summed E-state index contributed by atoms with van der Waals surface area (Å²) in [4.78, 5) is 26.9. The summed E-state index contributed by atoms with van der Waals surface area (Å²) in [6.07, 6.45) is -0.329. The second-order valence-corrected chi connectivity index (χ2v) is 5.69. The summed E-state index contributed by atoms with van der Waals surface area (Å²) >= 11 is 3.19. The molecule has 0 atom stereocenters. The van der Waals surface area contributed by atoms with Crippen molar-refractivity contribution in [3.8, 4) is 0 Å². The fourth-order valence-electron chi connectivity index (χ4n) is 1.72. The molecule has 0 radical (unpaired) electrons. The Morgan fingerprint density at radius 2 is 1.74 bits per heavy atom. The van der Waals surface area contributed by atoms with Crippen LogP contribution in [0.3, 0.4) is 0 Å². The number of carbonyl (C=O) groups excluding carboxylic acids is 2. The van der Waals surface area contributed by atoms with Gasteiger partial charge in [-0.15, -0.1) is 0 Å². The van der Waals surface area contributed by atoms with Gasteiger partial charge in [-0.2, -0.15) is 0 Å². The van der Waals surface area contributed by atoms with Gasteiger partial charge in [-0.25, -0.2) is 4.79 Å². The first kappa shape index (κ1) is 18.2. The Balaban J connectivity index is 4.61. The number of rotatable bonds is 6. The molecular formula is C13H25BrN2O3. The van der Waals surface area contributed by atoms with Gasteiger partial charge < -0.3 is 14.5 Å². The Bertz CT molecular complexity index is 303. The molecule has 0 aliphatic rings. The quantitative estimate of drug-likeness (QED) is 0.700. The van der Waals surface area contributed by atoms with E-state index in [1.807, 2.05) is 27.7 Å². The monoisotopic (exact) mass is 336 g/mol. The zero-order valence-corrected chi connectivity index (χ0v) is 14.1. The number of hydrogen-bond donors (Lipinski definition) is 0. The SMILES string of the molecule is CCOC(=O)N(CC)CCN(C(=O)CBr)C(C)(C)C. The molecule has 0 aromatic carbocycles. The molecule has 0 bridgehead atoms. The lowest BCUT2D eigenvalue weighted by Crippen LogP contribution is -2.50. The lowest BCUT2D eigenvalue weighted by Gasteiger charge is -2.36. The van der Waals surface area contributed by atoms with Crippen LogP contribution in [0.1, 0.15) is 34.6 Å². The molecule has 0 aromatic heterocycles. The fraction of sp³-hybridized carbons (Fsp3) is 0.846. The maximum atomic E-state index is 11.9. The fourth-order valence-corrected chi connectivity index (χ4v) is 2.02. The minimum Gasteiger partial charge on any atom is -0.450 e. The van der Waals surface area contributed by atoms with Gasteiger partial charge in [0.15, 0.2) is 0 Å². The minimum absolute atomic E-state index is 0.0208. The Labute approximate surface area is 124 Å². The first-order chi connectivity index (χ1) is 8.77. The smallest absolute Gasteiger partial charge is 0.409 e. The van der Waals surface area contributed by atoms with Crippen LogP contribution in [0.15, 0.2) is 0 Å². The predicted octanol–water partition coefficient (Wildman–Crippen LogP) is 2.49. The van der Waals surface area contributed by atoms with E-state index < -0.39 is 0 Å². The van der Waals surface area contributed by atoms with Crippen molar-refractivity contribution in [1.82, 2.24) is 9.80 Å². The van der Waals surface area contributed by atoms with E-state index in [9.17, 15) is 9.59 Å². The number of nitrogens with zero attached hydrogens (tertiary/aromatic N) is 2. The van der Waals surface area contributed by atoms with Gasteiger partial charge >= 0.3 is 6.09 Å². The second kappa shape index (κ2) is 8.40. The summed E-state index contributed by atoms with van der Waals surface area (Å²) < 4.78 is 4.97. The molecule has 0 heterocycles. The number of halogens is 1. The van der Waals surface area contributed by atoms with E-state index >= 15 is 0 Å². The topological polar surface area (TPSA) is 49.9 Å². The third kappa shape index (κ3) is 6.27. The molecule has 0 rings (SSSR count). The molecule has 0 aliphatic carbocycles. The second-order valence-electron chi connectivity index (χ2n) is 5.13. The maximum Gasteiger partial charge on any atom is 0.409 e. The van der Waals surface area contributed by atoms with Gasteiger partial charge in [0.2, 0.25) is 5.91 Å². The van der Waals surface area contributed by atoms with Gasteiger partial charge in [0.1, 0.15) is 0 Å². The predicted molar refractivity (Wildman–Crippen MR) is 79.5 cm³/mol. The van der Waals surface area contributed by atoms with Gasteiger partial charge in [0.05, 0.1) is 11.9 Å². The maximum absolute atomic E-state index is 11.9. The van der Waals surface area contributed by atoms with Crippen LogP contribution in [0.5, 0.6) is 0 Å². The molecule has 0 unspecified atom stereocenters. The van der Waals surface area contributed by atoms with Crippen molar-refractivity contribution in [2.24, 2.45) is 0 Å². The summed E-state index contributed by atoms with van der Waals surface area (Å²) in [5.74, 6) is 0.0208. The van der Waals surface area contributed by atoms with Crippen molar-refractivity contribution in [2.75, 3.05) is 31.6 Å². The highest BCUT2D eigenvalue weighted by Crippen LogP contribution is 2.14. The van der Waals surface area contributed by atoms with Gasteiger partial charge in [0.25, 0.3) is 0 Å². The van der Waals surface area contributed by atoms with Crippen molar-refractivity contribution in [2.45, 2.75) is 40.2 Å². The van der Waals surface area contributed by atoms with Crippen LogP contribution in [0, 0.1) is 0 Å². The molecule has 0 saturated carbocycles. The van der Waals surface area contributed by atoms with E-state index in [0.717, 1.165) is 0 Å². The number of carbonyl (C=O) groups is 2. The van der Waals surface area contributed by atoms with Crippen molar-refractivity contribution in [1.29, 1.82) is 0 Å². The third-order valence-electron chi connectivity index (χ3n) is 2.73. The van der Waals surface area contributed by atoms with Crippen molar-refractivity contribution >= 4 is 27.9 Å². The van der Waals surface area contributed by atoms with E-state index in [1.54, 1.807) is 16.7 Å². The molecule has 5 nitrogen and oxygen atoms in total. The first-order valence-electron chi connectivity index (χ1n) is 6.56. The largest absolute Gasteiger partial charge is 0.450 e. The molecule has 112 valence electrons. The van der Waals surface area contributed by atoms with Crippen LogP contribution in [-0.4, -0.2) is 58.9 Å². The molecule has 0 fully saturated rings. The number of alkyl halides is 1. The van der Waals surface area contributed by atoms with Crippen LogP contribution in [-0.2, 0) is 9.53 Å². The highest BCUT2D eigenvalue weighted by atomic mass is 79.9. The van der Waals surface area contributed by atoms with Crippen LogP contribution >= 0.6 is 15.9 Å². The number of ether oxygens (including phenoxy) is 1. The summed E-state index contributed by atoms with van der Waals surface area (Å²) in [5.41, 5.74) is -0.265. The summed E-state index contributed by atoms with van der Waals surface area (Å²) in [7, 11) is 0. The number of hydrogen-bond acceptors (Lipinski definition) is 3.